The zero-order chi connectivity index (χ0) is 15.4. The first kappa shape index (κ1) is 15.7. The Balaban J connectivity index is 2.14. The molecule has 1 saturated heterocycles. The molecule has 4 nitrogen and oxygen atoms in total. The Labute approximate surface area is 123 Å². The van der Waals surface area contributed by atoms with E-state index in [-0.39, 0.29) is 30.5 Å². The number of amides is 1. The normalized spacial score (nSPS) is 22.7. The number of carbonyl (C=O) groups is 1. The fourth-order valence-electron chi connectivity index (χ4n) is 2.57. The van der Waals surface area contributed by atoms with Crippen LogP contribution in [0, 0.1) is 5.82 Å². The predicted octanol–water partition coefficient (Wildman–Crippen LogP) is 1.84. The van der Waals surface area contributed by atoms with Gasteiger partial charge in [-0.05, 0) is 36.6 Å². The zero-order valence-electron chi connectivity index (χ0n) is 12.3. The number of hydrogen-bond donors (Lipinski definition) is 1. The topological polar surface area (TPSA) is 49.8 Å². The molecule has 1 heterocycles. The van der Waals surface area contributed by atoms with Gasteiger partial charge in [0.05, 0.1) is 18.8 Å². The van der Waals surface area contributed by atoms with E-state index in [0.29, 0.717) is 24.1 Å². The van der Waals surface area contributed by atoms with E-state index in [1.54, 1.807) is 31.1 Å². The van der Waals surface area contributed by atoms with Crippen molar-refractivity contribution in [2.24, 2.45) is 0 Å². The Bertz CT molecular complexity index is 544. The van der Waals surface area contributed by atoms with Crippen LogP contribution in [0.2, 0.25) is 0 Å². The minimum absolute atomic E-state index is 0.0472. The molecule has 0 bridgehead atoms. The molecule has 0 aliphatic carbocycles. The molecule has 21 heavy (non-hydrogen) atoms. The largest absolute Gasteiger partial charge is 0.394 e. The Hall–Kier alpha value is -1.72. The maximum absolute atomic E-state index is 13.2. The Morgan fingerprint density at radius 1 is 1.57 bits per heavy atom. The van der Waals surface area contributed by atoms with Crippen molar-refractivity contribution >= 4 is 11.5 Å². The molecule has 1 aromatic carbocycles. The average Bonchev–Trinajstić information content (AvgIpc) is 2.90. The van der Waals surface area contributed by atoms with Crippen LogP contribution in [0.3, 0.4) is 0 Å². The third-order valence-corrected chi connectivity index (χ3v) is 3.82. The third-order valence-electron chi connectivity index (χ3n) is 3.82. The van der Waals surface area contributed by atoms with Gasteiger partial charge in [-0.25, -0.2) is 4.39 Å². The molecule has 1 aromatic rings. The maximum Gasteiger partial charge on any atom is 0.247 e. The van der Waals surface area contributed by atoms with Crippen molar-refractivity contribution in [2.75, 3.05) is 20.3 Å². The lowest BCUT2D eigenvalue weighted by Gasteiger charge is -2.21. The molecule has 2 rings (SSSR count). The molecule has 1 aliphatic heterocycles. The summed E-state index contributed by atoms with van der Waals surface area (Å²) in [6.07, 6.45) is 2.06. The van der Waals surface area contributed by atoms with Gasteiger partial charge in [0.25, 0.3) is 0 Å². The zero-order valence-corrected chi connectivity index (χ0v) is 12.3. The van der Waals surface area contributed by atoms with Gasteiger partial charge in [0.15, 0.2) is 0 Å². The highest BCUT2D eigenvalue weighted by Crippen LogP contribution is 2.22. The number of rotatable bonds is 4. The van der Waals surface area contributed by atoms with Gasteiger partial charge in [-0.1, -0.05) is 12.1 Å². The number of methoxy groups -OCH3 is 1. The number of nitrogens with zero attached hydrogens (tertiary/aromatic N) is 1. The first-order chi connectivity index (χ1) is 10.0. The van der Waals surface area contributed by atoms with Crippen LogP contribution in [0.4, 0.5) is 4.39 Å². The number of ether oxygens (including phenoxy) is 1. The summed E-state index contributed by atoms with van der Waals surface area (Å²) in [7, 11) is 1.60. The first-order valence-corrected chi connectivity index (χ1v) is 6.93. The van der Waals surface area contributed by atoms with Crippen LogP contribution >= 0.6 is 0 Å². The van der Waals surface area contributed by atoms with E-state index in [9.17, 15) is 14.3 Å². The molecule has 5 heteroatoms. The molecule has 0 spiro atoms. The van der Waals surface area contributed by atoms with Gasteiger partial charge in [-0.15, -0.1) is 0 Å². The number of benzene rings is 1. The number of aliphatic hydroxyl groups excluding tert-OH is 1. The fraction of sp³-hybridized carbons (Fsp3) is 0.438. The van der Waals surface area contributed by atoms with Crippen molar-refractivity contribution in [3.8, 4) is 0 Å². The van der Waals surface area contributed by atoms with Gasteiger partial charge in [0, 0.05) is 19.7 Å². The summed E-state index contributed by atoms with van der Waals surface area (Å²) in [6.45, 7) is 2.15. The average molecular weight is 293 g/mol. The summed E-state index contributed by atoms with van der Waals surface area (Å²) in [5.41, 5.74) is 1.36. The number of aliphatic hydroxyl groups is 1. The van der Waals surface area contributed by atoms with Crippen LogP contribution in [0.1, 0.15) is 18.9 Å². The summed E-state index contributed by atoms with van der Waals surface area (Å²) in [5.74, 6) is -0.517. The Morgan fingerprint density at radius 3 is 2.95 bits per heavy atom. The third kappa shape index (κ3) is 3.68. The molecule has 1 fully saturated rings. The number of likely N-dealkylation sites (tertiary alicyclic amines) is 1. The van der Waals surface area contributed by atoms with Crippen LogP contribution in [-0.4, -0.2) is 48.3 Å². The second kappa shape index (κ2) is 6.83. The van der Waals surface area contributed by atoms with Crippen LogP contribution in [-0.2, 0) is 9.53 Å². The van der Waals surface area contributed by atoms with Gasteiger partial charge in [-0.3, -0.25) is 4.79 Å². The summed E-state index contributed by atoms with van der Waals surface area (Å²) in [6, 6.07) is 5.90. The summed E-state index contributed by atoms with van der Waals surface area (Å²) in [5, 5.41) is 9.37. The molecular weight excluding hydrogens is 273 g/mol. The van der Waals surface area contributed by atoms with Gasteiger partial charge in [-0.2, -0.15) is 0 Å². The highest BCUT2D eigenvalue weighted by molar-refractivity contribution is 5.95. The van der Waals surface area contributed by atoms with E-state index in [1.165, 1.54) is 18.2 Å². The Kier molecular flexibility index (Phi) is 5.09. The van der Waals surface area contributed by atoms with E-state index < -0.39 is 0 Å². The van der Waals surface area contributed by atoms with Crippen molar-refractivity contribution in [1.29, 1.82) is 0 Å². The molecule has 114 valence electrons. The van der Waals surface area contributed by atoms with E-state index in [2.05, 4.69) is 0 Å². The number of hydrogen-bond acceptors (Lipinski definition) is 3. The Morgan fingerprint density at radius 2 is 2.33 bits per heavy atom. The molecule has 2 atom stereocenters. The second-order valence-electron chi connectivity index (χ2n) is 5.26. The first-order valence-electron chi connectivity index (χ1n) is 6.93. The minimum atomic E-state index is -0.332. The maximum atomic E-state index is 13.2. The number of carbonyl (C=O) groups excluding carboxylic acids is 1. The van der Waals surface area contributed by atoms with E-state index in [1.807, 2.05) is 0 Å². The summed E-state index contributed by atoms with van der Waals surface area (Å²) >= 11 is 0. The van der Waals surface area contributed by atoms with Crippen molar-refractivity contribution in [3.05, 3.63) is 41.7 Å². The highest BCUT2D eigenvalue weighted by Gasteiger charge is 2.34. The van der Waals surface area contributed by atoms with Crippen molar-refractivity contribution in [3.63, 3.8) is 0 Å². The lowest BCUT2D eigenvalue weighted by atomic mass is 10.1. The monoisotopic (exact) mass is 293 g/mol. The van der Waals surface area contributed by atoms with Gasteiger partial charge >= 0.3 is 0 Å². The van der Waals surface area contributed by atoms with E-state index >= 15 is 0 Å². The predicted molar refractivity (Wildman–Crippen MR) is 78.1 cm³/mol. The van der Waals surface area contributed by atoms with Gasteiger partial charge in [0.2, 0.25) is 5.91 Å². The lowest BCUT2D eigenvalue weighted by molar-refractivity contribution is -0.127. The van der Waals surface area contributed by atoms with Crippen LogP contribution < -0.4 is 0 Å². The molecule has 1 aliphatic rings. The quantitative estimate of drug-likeness (QED) is 0.862. The molecule has 1 amide bonds. The summed E-state index contributed by atoms with van der Waals surface area (Å²) in [4.78, 5) is 13.9. The van der Waals surface area contributed by atoms with Crippen LogP contribution in [0.25, 0.3) is 5.57 Å². The smallest absolute Gasteiger partial charge is 0.247 e. The van der Waals surface area contributed by atoms with Crippen LogP contribution in [0.15, 0.2) is 30.3 Å². The summed E-state index contributed by atoms with van der Waals surface area (Å²) < 4.78 is 18.5. The SMILES string of the molecule is CO[C@@H]1C[C@@H](CO)N(C(=O)/C=C(\C)c2cccc(F)c2)C1. The van der Waals surface area contributed by atoms with Crippen molar-refractivity contribution in [1.82, 2.24) is 4.90 Å². The van der Waals surface area contributed by atoms with Crippen molar-refractivity contribution < 1.29 is 19.0 Å². The molecule has 1 N–H and O–H groups in total. The fourth-order valence-corrected chi connectivity index (χ4v) is 2.57. The molecular formula is C16H20FNO3. The lowest BCUT2D eigenvalue weighted by Crippen LogP contribution is -2.37. The minimum Gasteiger partial charge on any atom is -0.394 e. The van der Waals surface area contributed by atoms with Gasteiger partial charge < -0.3 is 14.7 Å². The second-order valence-corrected chi connectivity index (χ2v) is 5.26. The van der Waals surface area contributed by atoms with E-state index in [4.69, 9.17) is 4.74 Å². The molecule has 0 aromatic heterocycles. The number of allylic oxidation sites excluding steroid dienone is 1. The van der Waals surface area contributed by atoms with E-state index in [0.717, 1.165) is 0 Å². The van der Waals surface area contributed by atoms with Crippen molar-refractivity contribution in [2.45, 2.75) is 25.5 Å². The van der Waals surface area contributed by atoms with Crippen LogP contribution in [0.5, 0.6) is 0 Å². The number of halogens is 1. The van der Waals surface area contributed by atoms with Gasteiger partial charge in [0.1, 0.15) is 5.82 Å². The molecule has 0 saturated carbocycles. The highest BCUT2D eigenvalue weighted by atomic mass is 19.1. The standard InChI is InChI=1S/C16H20FNO3/c1-11(12-4-3-5-13(17)7-12)6-16(20)18-9-15(21-2)8-14(18)10-19/h3-7,14-15,19H,8-10H2,1-2H3/b11-6+/t14-,15+/m0/s1. The molecule has 0 radical (unpaired) electrons. The molecule has 0 unspecified atom stereocenters.